The Morgan fingerprint density at radius 1 is 1.43 bits per heavy atom. The van der Waals surface area contributed by atoms with Crippen LogP contribution in [0.15, 0.2) is 22.1 Å². The summed E-state index contributed by atoms with van der Waals surface area (Å²) in [6, 6.07) is 1.82. The molecule has 7 heteroatoms. The predicted octanol–water partition coefficient (Wildman–Crippen LogP) is 2.06. The van der Waals surface area contributed by atoms with Crippen LogP contribution in [0, 0.1) is 6.92 Å². The Morgan fingerprint density at radius 2 is 2.19 bits per heavy atom. The largest absolute Gasteiger partial charge is 0.475 e. The predicted molar refractivity (Wildman–Crippen MR) is 80.0 cm³/mol. The Labute approximate surface area is 126 Å². The van der Waals surface area contributed by atoms with Crippen LogP contribution in [0.1, 0.15) is 21.9 Å². The van der Waals surface area contributed by atoms with Crippen molar-refractivity contribution in [2.75, 3.05) is 31.1 Å². The summed E-state index contributed by atoms with van der Waals surface area (Å²) in [7, 11) is 0. The van der Waals surface area contributed by atoms with Crippen molar-refractivity contribution in [1.29, 1.82) is 0 Å². The fourth-order valence-corrected chi connectivity index (χ4v) is 3.22. The van der Waals surface area contributed by atoms with Gasteiger partial charge in [0.25, 0.3) is 0 Å². The van der Waals surface area contributed by atoms with E-state index in [1.807, 2.05) is 17.6 Å². The summed E-state index contributed by atoms with van der Waals surface area (Å²) in [5, 5.41) is 12.1. The zero-order valence-corrected chi connectivity index (χ0v) is 12.6. The zero-order valence-electron chi connectivity index (χ0n) is 11.8. The van der Waals surface area contributed by atoms with Gasteiger partial charge in [0, 0.05) is 43.3 Å². The van der Waals surface area contributed by atoms with Crippen LogP contribution in [-0.2, 0) is 6.54 Å². The maximum absolute atomic E-state index is 11.0. The molecule has 112 valence electrons. The lowest BCUT2D eigenvalue weighted by Gasteiger charge is -2.34. The minimum Gasteiger partial charge on any atom is -0.475 e. The molecular formula is C14H17N3O3S. The van der Waals surface area contributed by atoms with Crippen LogP contribution < -0.4 is 4.90 Å². The van der Waals surface area contributed by atoms with Crippen LogP contribution in [0.25, 0.3) is 0 Å². The number of carboxylic acid groups (broad SMARTS) is 1. The van der Waals surface area contributed by atoms with E-state index in [2.05, 4.69) is 14.8 Å². The fraction of sp³-hybridized carbons (Fsp3) is 0.429. The Bertz CT molecular complexity index is 615. The maximum Gasteiger partial charge on any atom is 0.372 e. The smallest absolute Gasteiger partial charge is 0.372 e. The standard InChI is InChI=1S/C14H17N3O3S/c1-10-8-11(20-12(10)13(18)19)9-16-3-5-17(6-4-16)14-15-2-7-21-14/h2,7-8H,3-6,9H2,1H3,(H,18,19). The Hall–Kier alpha value is -1.86. The Morgan fingerprint density at radius 3 is 2.76 bits per heavy atom. The van der Waals surface area contributed by atoms with Gasteiger partial charge in [0.1, 0.15) is 5.76 Å². The van der Waals surface area contributed by atoms with Crippen molar-refractivity contribution in [3.8, 4) is 0 Å². The van der Waals surface area contributed by atoms with Crippen molar-refractivity contribution in [3.63, 3.8) is 0 Å². The lowest BCUT2D eigenvalue weighted by molar-refractivity contribution is 0.0657. The van der Waals surface area contributed by atoms with Gasteiger partial charge in [0.05, 0.1) is 6.54 Å². The maximum atomic E-state index is 11.0. The number of rotatable bonds is 4. The van der Waals surface area contributed by atoms with Crippen LogP contribution in [-0.4, -0.2) is 47.1 Å². The highest BCUT2D eigenvalue weighted by atomic mass is 32.1. The van der Waals surface area contributed by atoms with E-state index < -0.39 is 5.97 Å². The van der Waals surface area contributed by atoms with E-state index in [0.717, 1.165) is 31.3 Å². The summed E-state index contributed by atoms with van der Waals surface area (Å²) < 4.78 is 5.41. The van der Waals surface area contributed by atoms with Crippen molar-refractivity contribution in [2.24, 2.45) is 0 Å². The van der Waals surface area contributed by atoms with Crippen molar-refractivity contribution in [1.82, 2.24) is 9.88 Å². The van der Waals surface area contributed by atoms with Gasteiger partial charge in [0.2, 0.25) is 5.76 Å². The van der Waals surface area contributed by atoms with E-state index >= 15 is 0 Å². The molecule has 1 N–H and O–H groups in total. The van der Waals surface area contributed by atoms with Crippen LogP contribution in [0.5, 0.6) is 0 Å². The summed E-state index contributed by atoms with van der Waals surface area (Å²) in [5.74, 6) is -0.244. The lowest BCUT2D eigenvalue weighted by Crippen LogP contribution is -2.45. The molecule has 1 aliphatic heterocycles. The second-order valence-electron chi connectivity index (χ2n) is 5.11. The summed E-state index contributed by atoms with van der Waals surface area (Å²) >= 11 is 1.66. The molecule has 6 nitrogen and oxygen atoms in total. The number of aromatic carboxylic acids is 1. The number of aromatic nitrogens is 1. The van der Waals surface area contributed by atoms with Gasteiger partial charge in [-0.15, -0.1) is 11.3 Å². The first-order valence-electron chi connectivity index (χ1n) is 6.83. The van der Waals surface area contributed by atoms with Crippen molar-refractivity contribution in [3.05, 3.63) is 34.7 Å². The van der Waals surface area contributed by atoms with Crippen LogP contribution in [0.3, 0.4) is 0 Å². The molecule has 2 aromatic heterocycles. The van der Waals surface area contributed by atoms with E-state index in [1.165, 1.54) is 0 Å². The van der Waals surface area contributed by atoms with E-state index in [1.54, 1.807) is 18.3 Å². The highest BCUT2D eigenvalue weighted by Crippen LogP contribution is 2.21. The number of carboxylic acids is 1. The minimum absolute atomic E-state index is 0.0476. The molecule has 1 saturated heterocycles. The molecule has 0 bridgehead atoms. The van der Waals surface area contributed by atoms with E-state index in [0.29, 0.717) is 17.9 Å². The van der Waals surface area contributed by atoms with Crippen molar-refractivity contribution < 1.29 is 14.3 Å². The second kappa shape index (κ2) is 5.87. The molecule has 0 spiro atoms. The summed E-state index contributed by atoms with van der Waals surface area (Å²) in [6.45, 7) is 6.11. The molecule has 0 aromatic carbocycles. The van der Waals surface area contributed by atoms with Gasteiger partial charge < -0.3 is 14.4 Å². The van der Waals surface area contributed by atoms with Crippen molar-refractivity contribution in [2.45, 2.75) is 13.5 Å². The number of piperazine rings is 1. The first-order valence-corrected chi connectivity index (χ1v) is 7.71. The number of aryl methyl sites for hydroxylation is 1. The van der Waals surface area contributed by atoms with Gasteiger partial charge in [-0.05, 0) is 13.0 Å². The van der Waals surface area contributed by atoms with E-state index in [4.69, 9.17) is 9.52 Å². The SMILES string of the molecule is Cc1cc(CN2CCN(c3nccs3)CC2)oc1C(=O)O. The molecule has 0 unspecified atom stereocenters. The molecule has 3 rings (SSSR count). The van der Waals surface area contributed by atoms with E-state index in [9.17, 15) is 4.79 Å². The van der Waals surface area contributed by atoms with Crippen LogP contribution in [0.2, 0.25) is 0 Å². The average Bonchev–Trinajstić information content (AvgIpc) is 3.09. The molecule has 2 aromatic rings. The summed E-state index contributed by atoms with van der Waals surface area (Å²) in [5.41, 5.74) is 0.680. The van der Waals surface area contributed by atoms with Gasteiger partial charge >= 0.3 is 5.97 Å². The number of carbonyl (C=O) groups is 1. The Kier molecular flexibility index (Phi) is 3.94. The molecule has 1 fully saturated rings. The number of thiazole rings is 1. The first-order chi connectivity index (χ1) is 10.1. The van der Waals surface area contributed by atoms with Gasteiger partial charge in [-0.1, -0.05) is 0 Å². The number of hydrogen-bond donors (Lipinski definition) is 1. The van der Waals surface area contributed by atoms with Crippen LogP contribution in [0.4, 0.5) is 5.13 Å². The third-order valence-electron chi connectivity index (χ3n) is 3.60. The summed E-state index contributed by atoms with van der Waals surface area (Å²) in [4.78, 5) is 19.9. The molecule has 0 atom stereocenters. The molecule has 0 aliphatic carbocycles. The van der Waals surface area contributed by atoms with E-state index in [-0.39, 0.29) is 5.76 Å². The van der Waals surface area contributed by atoms with Gasteiger partial charge in [-0.25, -0.2) is 9.78 Å². The highest BCUT2D eigenvalue weighted by molar-refractivity contribution is 7.13. The van der Waals surface area contributed by atoms with Crippen molar-refractivity contribution >= 4 is 22.4 Å². The topological polar surface area (TPSA) is 69.8 Å². The lowest BCUT2D eigenvalue weighted by atomic mass is 10.2. The van der Waals surface area contributed by atoms with Gasteiger partial charge in [-0.2, -0.15) is 0 Å². The molecule has 0 amide bonds. The average molecular weight is 307 g/mol. The van der Waals surface area contributed by atoms with Crippen LogP contribution >= 0.6 is 11.3 Å². The summed E-state index contributed by atoms with van der Waals surface area (Å²) in [6.07, 6.45) is 1.82. The molecule has 3 heterocycles. The van der Waals surface area contributed by atoms with Gasteiger partial charge in [0.15, 0.2) is 5.13 Å². The highest BCUT2D eigenvalue weighted by Gasteiger charge is 2.21. The first kappa shape index (κ1) is 14.1. The normalized spacial score (nSPS) is 16.3. The molecular weight excluding hydrogens is 290 g/mol. The molecule has 1 aliphatic rings. The number of hydrogen-bond acceptors (Lipinski definition) is 6. The molecule has 0 radical (unpaired) electrons. The minimum atomic E-state index is -1.01. The monoisotopic (exact) mass is 307 g/mol. The third kappa shape index (κ3) is 3.08. The Balaban J connectivity index is 1.58. The third-order valence-corrected chi connectivity index (χ3v) is 4.44. The molecule has 0 saturated carbocycles. The number of furan rings is 1. The quantitative estimate of drug-likeness (QED) is 0.932. The fourth-order valence-electron chi connectivity index (χ4n) is 2.53. The number of anilines is 1. The number of nitrogens with zero attached hydrogens (tertiary/aromatic N) is 3. The van der Waals surface area contributed by atoms with Gasteiger partial charge in [-0.3, -0.25) is 4.90 Å². The zero-order chi connectivity index (χ0) is 14.8. The molecule has 21 heavy (non-hydrogen) atoms. The second-order valence-corrected chi connectivity index (χ2v) is 5.98.